The quantitative estimate of drug-likeness (QED) is 0.654. The molecule has 1 saturated carbocycles. The number of carbonyl (C=O) groups is 1. The Morgan fingerprint density at radius 2 is 1.78 bits per heavy atom. The van der Waals surface area contributed by atoms with Gasteiger partial charge in [0.2, 0.25) is 5.91 Å². The molecule has 0 spiro atoms. The molecule has 4 nitrogen and oxygen atoms in total. The van der Waals surface area contributed by atoms with E-state index in [0.29, 0.717) is 12.5 Å². The molecule has 1 aromatic carbocycles. The molecule has 2 fully saturated rings. The summed E-state index contributed by atoms with van der Waals surface area (Å²) >= 11 is 0. The molecule has 32 heavy (non-hydrogen) atoms. The highest BCUT2D eigenvalue weighted by Crippen LogP contribution is 2.59. The van der Waals surface area contributed by atoms with Crippen molar-refractivity contribution in [2.75, 3.05) is 20.1 Å². The van der Waals surface area contributed by atoms with Gasteiger partial charge in [0.15, 0.2) is 0 Å². The van der Waals surface area contributed by atoms with Crippen LogP contribution in [-0.2, 0) is 10.2 Å². The van der Waals surface area contributed by atoms with Crippen LogP contribution in [0.4, 0.5) is 13.2 Å². The molecule has 1 aromatic rings. The number of piperidine rings is 1. The Labute approximate surface area is 199 Å². The number of primary amides is 1. The van der Waals surface area contributed by atoms with Crippen LogP contribution in [0.3, 0.4) is 0 Å². The molecule has 1 amide bonds. The third-order valence-corrected chi connectivity index (χ3v) is 6.90. The van der Waals surface area contributed by atoms with Gasteiger partial charge in [0.05, 0.1) is 0 Å². The first-order valence-electron chi connectivity index (χ1n) is 10.5. The summed E-state index contributed by atoms with van der Waals surface area (Å²) in [6.07, 6.45) is 2.01. The van der Waals surface area contributed by atoms with E-state index in [2.05, 4.69) is 17.3 Å². The summed E-state index contributed by atoms with van der Waals surface area (Å²) in [6, 6.07) is 8.17. The third-order valence-electron chi connectivity index (χ3n) is 6.90. The Morgan fingerprint density at radius 1 is 1.16 bits per heavy atom. The second kappa shape index (κ2) is 10.2. The van der Waals surface area contributed by atoms with Crippen LogP contribution in [0.15, 0.2) is 54.1 Å². The zero-order valence-electron chi connectivity index (χ0n) is 17.8. The van der Waals surface area contributed by atoms with Crippen molar-refractivity contribution in [3.8, 4) is 0 Å². The lowest BCUT2D eigenvalue weighted by atomic mass is 9.62. The maximum atomic E-state index is 14.7. The van der Waals surface area contributed by atoms with E-state index in [1.807, 2.05) is 0 Å². The lowest BCUT2D eigenvalue weighted by Crippen LogP contribution is -2.52. The maximum Gasteiger partial charge on any atom is 0.402 e. The van der Waals surface area contributed by atoms with Gasteiger partial charge in [-0.3, -0.25) is 4.79 Å². The molecule has 0 radical (unpaired) electrons. The average molecular weight is 492 g/mol. The number of carbonyl (C=O) groups excluding carboxylic acids is 1. The largest absolute Gasteiger partial charge is 0.402 e. The topological polar surface area (TPSA) is 58.4 Å². The van der Waals surface area contributed by atoms with E-state index in [9.17, 15) is 18.0 Å². The van der Waals surface area contributed by atoms with Crippen LogP contribution in [0.25, 0.3) is 0 Å². The molecule has 2 aliphatic carbocycles. The molecule has 1 aliphatic heterocycles. The van der Waals surface area contributed by atoms with Crippen LogP contribution in [0.2, 0.25) is 0 Å². The minimum absolute atomic E-state index is 0. The van der Waals surface area contributed by atoms with Crippen molar-refractivity contribution < 1.29 is 18.0 Å². The number of amides is 1. The predicted molar refractivity (Wildman–Crippen MR) is 124 cm³/mol. The Hall–Kier alpha value is -1.54. The SMILES string of the molecule is CN1CCC(NC2CC2[C@@H]2C(C(N)=O)=CC=CC2(c2ccccc2)C(F)(F)F)CC1.Cl.Cl. The van der Waals surface area contributed by atoms with Gasteiger partial charge in [-0.15, -0.1) is 24.8 Å². The van der Waals surface area contributed by atoms with Crippen LogP contribution >= 0.6 is 24.8 Å². The monoisotopic (exact) mass is 491 g/mol. The zero-order valence-corrected chi connectivity index (χ0v) is 19.5. The van der Waals surface area contributed by atoms with Gasteiger partial charge >= 0.3 is 6.18 Å². The minimum atomic E-state index is -4.56. The highest BCUT2D eigenvalue weighted by molar-refractivity contribution is 5.94. The number of hydrogen-bond acceptors (Lipinski definition) is 3. The van der Waals surface area contributed by atoms with E-state index in [4.69, 9.17) is 5.73 Å². The average Bonchev–Trinajstić information content (AvgIpc) is 3.47. The Morgan fingerprint density at radius 3 is 2.34 bits per heavy atom. The standard InChI is InChI=1S/C23H28F3N3O.2ClH/c1-29-12-9-16(10-13-29)28-19-14-18(19)20-17(21(27)30)8-5-11-22(20,23(24,25)26)15-6-3-2-4-7-15;;/h2-8,11,16,18-20,28H,9-10,12-14H2,1H3,(H2,27,30);2*1H/t18?,19?,20-,22?;;/m0../s1. The second-order valence-electron chi connectivity index (χ2n) is 8.81. The number of halogens is 5. The normalized spacial score (nSPS) is 30.6. The van der Waals surface area contributed by atoms with E-state index >= 15 is 0 Å². The van der Waals surface area contributed by atoms with Crippen molar-refractivity contribution in [2.24, 2.45) is 17.6 Å². The van der Waals surface area contributed by atoms with Crippen molar-refractivity contribution >= 4 is 30.7 Å². The van der Waals surface area contributed by atoms with Crippen molar-refractivity contribution in [2.45, 2.75) is 42.9 Å². The van der Waals surface area contributed by atoms with Gasteiger partial charge in [0.1, 0.15) is 5.41 Å². The molecule has 1 heterocycles. The molecule has 0 bridgehead atoms. The fraction of sp³-hybridized carbons (Fsp3) is 0.522. The summed E-state index contributed by atoms with van der Waals surface area (Å²) in [5.41, 5.74) is 3.53. The van der Waals surface area contributed by atoms with Crippen molar-refractivity contribution in [1.82, 2.24) is 10.2 Å². The molecular formula is C23H30Cl2F3N3O. The summed E-state index contributed by atoms with van der Waals surface area (Å²) < 4.78 is 44.2. The highest BCUT2D eigenvalue weighted by Gasteiger charge is 2.65. The zero-order chi connectivity index (χ0) is 21.5. The van der Waals surface area contributed by atoms with Gasteiger partial charge in [-0.2, -0.15) is 13.2 Å². The number of nitrogens with two attached hydrogens (primary N) is 1. The van der Waals surface area contributed by atoms with Crippen LogP contribution in [0.1, 0.15) is 24.8 Å². The van der Waals surface area contributed by atoms with Gasteiger partial charge in [0, 0.05) is 23.6 Å². The first kappa shape index (κ1) is 26.7. The summed E-state index contributed by atoms with van der Waals surface area (Å²) in [4.78, 5) is 14.5. The number of nitrogens with zero attached hydrogens (tertiary/aromatic N) is 1. The van der Waals surface area contributed by atoms with E-state index in [1.165, 1.54) is 30.4 Å². The first-order chi connectivity index (χ1) is 14.2. The third kappa shape index (κ3) is 4.86. The number of alkyl halides is 3. The summed E-state index contributed by atoms with van der Waals surface area (Å²) in [7, 11) is 2.08. The molecule has 4 atom stereocenters. The predicted octanol–water partition coefficient (Wildman–Crippen LogP) is 4.00. The van der Waals surface area contributed by atoms with Crippen LogP contribution in [-0.4, -0.2) is 49.2 Å². The van der Waals surface area contributed by atoms with E-state index in [1.54, 1.807) is 18.2 Å². The highest BCUT2D eigenvalue weighted by atomic mass is 35.5. The number of benzene rings is 1. The van der Waals surface area contributed by atoms with Crippen molar-refractivity contribution in [3.05, 3.63) is 59.7 Å². The van der Waals surface area contributed by atoms with Crippen molar-refractivity contribution in [3.63, 3.8) is 0 Å². The minimum Gasteiger partial charge on any atom is -0.366 e. The molecular weight excluding hydrogens is 462 g/mol. The van der Waals surface area contributed by atoms with Crippen LogP contribution < -0.4 is 11.1 Å². The molecule has 3 unspecified atom stereocenters. The van der Waals surface area contributed by atoms with Gasteiger partial charge < -0.3 is 16.0 Å². The number of rotatable bonds is 5. The molecule has 178 valence electrons. The van der Waals surface area contributed by atoms with E-state index in [-0.39, 0.29) is 47.9 Å². The van der Waals surface area contributed by atoms with Gasteiger partial charge in [0.25, 0.3) is 0 Å². The van der Waals surface area contributed by atoms with Gasteiger partial charge in [-0.25, -0.2) is 0 Å². The van der Waals surface area contributed by atoms with E-state index < -0.39 is 23.4 Å². The number of likely N-dealkylation sites (tertiary alicyclic amines) is 1. The first-order valence-corrected chi connectivity index (χ1v) is 10.5. The molecule has 3 N–H and O–H groups in total. The van der Waals surface area contributed by atoms with E-state index in [0.717, 1.165) is 25.9 Å². The Balaban J connectivity index is 0.00000181. The Kier molecular flexibility index (Phi) is 8.48. The number of nitrogens with one attached hydrogen (secondary N) is 1. The molecule has 3 aliphatic rings. The number of allylic oxidation sites excluding steroid dienone is 3. The smallest absolute Gasteiger partial charge is 0.366 e. The molecule has 1 saturated heterocycles. The fourth-order valence-corrected chi connectivity index (χ4v) is 5.24. The summed E-state index contributed by atoms with van der Waals surface area (Å²) in [5.74, 6) is -2.11. The second-order valence-corrected chi connectivity index (χ2v) is 8.81. The maximum absolute atomic E-state index is 14.7. The lowest BCUT2D eigenvalue weighted by Gasteiger charge is -2.43. The van der Waals surface area contributed by atoms with Crippen LogP contribution in [0.5, 0.6) is 0 Å². The van der Waals surface area contributed by atoms with Crippen LogP contribution in [0, 0.1) is 11.8 Å². The number of hydrogen-bond donors (Lipinski definition) is 2. The fourth-order valence-electron chi connectivity index (χ4n) is 5.24. The van der Waals surface area contributed by atoms with Gasteiger partial charge in [-0.05, 0) is 50.9 Å². The summed E-state index contributed by atoms with van der Waals surface area (Å²) in [5, 5.41) is 3.56. The van der Waals surface area contributed by atoms with Crippen molar-refractivity contribution in [1.29, 1.82) is 0 Å². The van der Waals surface area contributed by atoms with Gasteiger partial charge in [-0.1, -0.05) is 48.6 Å². The lowest BCUT2D eigenvalue weighted by molar-refractivity contribution is -0.190. The Bertz CT molecular complexity index is 854. The summed E-state index contributed by atoms with van der Waals surface area (Å²) in [6.45, 7) is 1.95. The molecule has 4 rings (SSSR count). The molecule has 9 heteroatoms. The molecule has 0 aromatic heterocycles.